The Bertz CT molecular complexity index is 409. The molecule has 0 N–H and O–H groups in total. The smallest absolute Gasteiger partial charge is 0.339 e. The molecule has 4 nitrogen and oxygen atoms in total. The zero-order chi connectivity index (χ0) is 11.4. The molecule has 0 saturated heterocycles. The molecule has 0 heterocycles. The lowest BCUT2D eigenvalue weighted by molar-refractivity contribution is 0.0525. The summed E-state index contributed by atoms with van der Waals surface area (Å²) in [5, 5.41) is 2.48. The largest absolute Gasteiger partial charge is 0.462 e. The third kappa shape index (κ3) is 2.71. The third-order valence-electron chi connectivity index (χ3n) is 1.63. The molecule has 0 amide bonds. The molecule has 1 aromatic carbocycles. The Labute approximate surface area is 98.9 Å². The summed E-state index contributed by atoms with van der Waals surface area (Å²) in [5.74, 6) is -1.34. The summed E-state index contributed by atoms with van der Waals surface area (Å²) in [6, 6.07) is 2.16. The molecule has 0 fully saturated rings. The van der Waals surface area contributed by atoms with Crippen LogP contribution in [-0.4, -0.2) is 12.6 Å². The van der Waals surface area contributed by atoms with Crippen molar-refractivity contribution in [1.29, 1.82) is 0 Å². The minimum absolute atomic E-state index is 0.147. The van der Waals surface area contributed by atoms with Gasteiger partial charge in [0.2, 0.25) is 0 Å². The van der Waals surface area contributed by atoms with Gasteiger partial charge in [0.1, 0.15) is 5.69 Å². The van der Waals surface area contributed by atoms with E-state index in [4.69, 9.17) is 4.74 Å². The van der Waals surface area contributed by atoms with Gasteiger partial charge in [-0.15, -0.1) is 4.91 Å². The van der Waals surface area contributed by atoms with Crippen LogP contribution in [-0.2, 0) is 4.74 Å². The summed E-state index contributed by atoms with van der Waals surface area (Å²) in [4.78, 5) is 21.6. The van der Waals surface area contributed by atoms with Gasteiger partial charge in [-0.25, -0.2) is 9.18 Å². The topological polar surface area (TPSA) is 55.7 Å². The Kier molecular flexibility index (Phi) is 4.13. The van der Waals surface area contributed by atoms with Crippen LogP contribution in [0.2, 0.25) is 0 Å². The standard InChI is InChI=1S/C9H7FINO3/c1-2-15-9(13)5-3-8(12-14)6(10)4-7(5)11/h3-4H,2H2,1H3. The van der Waals surface area contributed by atoms with Crippen LogP contribution in [0, 0.1) is 14.3 Å². The average molecular weight is 323 g/mol. The van der Waals surface area contributed by atoms with E-state index in [9.17, 15) is 14.1 Å². The number of nitroso groups, excluding NO2 is 1. The van der Waals surface area contributed by atoms with Crippen molar-refractivity contribution in [3.63, 3.8) is 0 Å². The van der Waals surface area contributed by atoms with E-state index in [2.05, 4.69) is 5.18 Å². The Morgan fingerprint density at radius 1 is 1.60 bits per heavy atom. The van der Waals surface area contributed by atoms with E-state index in [-0.39, 0.29) is 12.2 Å². The van der Waals surface area contributed by atoms with E-state index in [1.54, 1.807) is 29.5 Å². The Morgan fingerprint density at radius 2 is 2.27 bits per heavy atom. The lowest BCUT2D eigenvalue weighted by Crippen LogP contribution is -2.07. The first-order valence-corrected chi connectivity index (χ1v) is 5.17. The highest BCUT2D eigenvalue weighted by Gasteiger charge is 2.15. The molecular weight excluding hydrogens is 316 g/mol. The van der Waals surface area contributed by atoms with Crippen molar-refractivity contribution in [2.45, 2.75) is 6.92 Å². The quantitative estimate of drug-likeness (QED) is 0.488. The number of carbonyl (C=O) groups is 1. The van der Waals surface area contributed by atoms with E-state index < -0.39 is 17.5 Å². The SMILES string of the molecule is CCOC(=O)c1cc(N=O)c(F)cc1I. The summed E-state index contributed by atoms with van der Waals surface area (Å²) >= 11 is 1.79. The van der Waals surface area contributed by atoms with Crippen LogP contribution in [0.5, 0.6) is 0 Å². The number of nitrogens with zero attached hydrogens (tertiary/aromatic N) is 1. The zero-order valence-electron chi connectivity index (χ0n) is 7.79. The van der Waals surface area contributed by atoms with Crippen LogP contribution in [0.1, 0.15) is 17.3 Å². The molecule has 0 aromatic heterocycles. The third-order valence-corrected chi connectivity index (χ3v) is 2.52. The fraction of sp³-hybridized carbons (Fsp3) is 0.222. The van der Waals surface area contributed by atoms with Crippen LogP contribution in [0.4, 0.5) is 10.1 Å². The maximum absolute atomic E-state index is 13.0. The van der Waals surface area contributed by atoms with E-state index in [0.29, 0.717) is 3.57 Å². The van der Waals surface area contributed by atoms with Gasteiger partial charge in [-0.05, 0) is 46.8 Å². The molecule has 0 aliphatic carbocycles. The highest BCUT2D eigenvalue weighted by atomic mass is 127. The molecule has 0 saturated carbocycles. The van der Waals surface area contributed by atoms with E-state index in [1.807, 2.05) is 0 Å². The summed E-state index contributed by atoms with van der Waals surface area (Å²) in [6.45, 7) is 1.88. The highest BCUT2D eigenvalue weighted by Crippen LogP contribution is 2.24. The summed E-state index contributed by atoms with van der Waals surface area (Å²) in [5.41, 5.74) is -0.244. The number of carbonyl (C=O) groups excluding carboxylic acids is 1. The summed E-state index contributed by atoms with van der Waals surface area (Å²) < 4.78 is 18.2. The Balaban J connectivity index is 3.18. The lowest BCUT2D eigenvalue weighted by Gasteiger charge is -2.04. The van der Waals surface area contributed by atoms with Crippen LogP contribution in [0.3, 0.4) is 0 Å². The van der Waals surface area contributed by atoms with Crippen LogP contribution in [0.25, 0.3) is 0 Å². The second-order valence-electron chi connectivity index (χ2n) is 2.60. The maximum atomic E-state index is 13.0. The predicted molar refractivity (Wildman–Crippen MR) is 60.5 cm³/mol. The molecular formula is C9H7FINO3. The molecule has 0 atom stereocenters. The molecule has 0 unspecified atom stereocenters. The second kappa shape index (κ2) is 5.15. The maximum Gasteiger partial charge on any atom is 0.339 e. The number of halogens is 2. The first-order valence-electron chi connectivity index (χ1n) is 4.09. The summed E-state index contributed by atoms with van der Waals surface area (Å²) in [7, 11) is 0. The van der Waals surface area contributed by atoms with Crippen molar-refractivity contribution >= 4 is 34.2 Å². The average Bonchev–Trinajstić information content (AvgIpc) is 2.18. The van der Waals surface area contributed by atoms with Crippen molar-refractivity contribution in [3.05, 3.63) is 32.0 Å². The number of hydrogen-bond donors (Lipinski definition) is 0. The van der Waals surface area contributed by atoms with E-state index >= 15 is 0 Å². The van der Waals surface area contributed by atoms with Gasteiger partial charge in [0.25, 0.3) is 0 Å². The first-order chi connectivity index (χ1) is 7.10. The van der Waals surface area contributed by atoms with Crippen LogP contribution < -0.4 is 0 Å². The minimum Gasteiger partial charge on any atom is -0.462 e. The van der Waals surface area contributed by atoms with Crippen molar-refractivity contribution in [2.24, 2.45) is 5.18 Å². The lowest BCUT2D eigenvalue weighted by atomic mass is 10.2. The van der Waals surface area contributed by atoms with Crippen molar-refractivity contribution < 1.29 is 13.9 Å². The molecule has 0 bridgehead atoms. The molecule has 0 aliphatic heterocycles. The van der Waals surface area contributed by atoms with Crippen molar-refractivity contribution in [1.82, 2.24) is 0 Å². The molecule has 80 valence electrons. The number of hydrogen-bond acceptors (Lipinski definition) is 4. The second-order valence-corrected chi connectivity index (χ2v) is 3.76. The van der Waals surface area contributed by atoms with E-state index in [1.165, 1.54) is 0 Å². The van der Waals surface area contributed by atoms with Gasteiger partial charge in [0.05, 0.1) is 12.2 Å². The first kappa shape index (κ1) is 12.0. The Morgan fingerprint density at radius 3 is 2.80 bits per heavy atom. The molecule has 0 spiro atoms. The molecule has 6 heteroatoms. The number of rotatable bonds is 3. The number of esters is 1. The fourth-order valence-corrected chi connectivity index (χ4v) is 1.62. The van der Waals surface area contributed by atoms with Gasteiger partial charge in [0, 0.05) is 3.57 Å². The van der Waals surface area contributed by atoms with Gasteiger partial charge in [0.15, 0.2) is 5.82 Å². The highest BCUT2D eigenvalue weighted by molar-refractivity contribution is 14.1. The van der Waals surface area contributed by atoms with Gasteiger partial charge >= 0.3 is 5.97 Å². The predicted octanol–water partition coefficient (Wildman–Crippen LogP) is 3.00. The van der Waals surface area contributed by atoms with Crippen LogP contribution >= 0.6 is 22.6 Å². The molecule has 0 aliphatic rings. The number of benzene rings is 1. The normalized spacial score (nSPS) is 9.80. The van der Waals surface area contributed by atoms with Crippen molar-refractivity contribution in [3.8, 4) is 0 Å². The summed E-state index contributed by atoms with van der Waals surface area (Å²) in [6.07, 6.45) is 0. The van der Waals surface area contributed by atoms with Gasteiger partial charge < -0.3 is 4.74 Å². The zero-order valence-corrected chi connectivity index (χ0v) is 9.95. The van der Waals surface area contributed by atoms with Crippen molar-refractivity contribution in [2.75, 3.05) is 6.61 Å². The van der Waals surface area contributed by atoms with E-state index in [0.717, 1.165) is 12.1 Å². The minimum atomic E-state index is -0.748. The molecule has 0 radical (unpaired) electrons. The monoisotopic (exact) mass is 323 g/mol. The fourth-order valence-electron chi connectivity index (χ4n) is 0.973. The molecule has 1 rings (SSSR count). The number of ether oxygens (including phenoxy) is 1. The molecule has 15 heavy (non-hydrogen) atoms. The Hall–Kier alpha value is -1.05. The van der Waals surface area contributed by atoms with Crippen LogP contribution in [0.15, 0.2) is 17.3 Å². The van der Waals surface area contributed by atoms with Gasteiger partial charge in [-0.2, -0.15) is 0 Å². The van der Waals surface area contributed by atoms with Gasteiger partial charge in [-0.1, -0.05) is 0 Å². The van der Waals surface area contributed by atoms with Gasteiger partial charge in [-0.3, -0.25) is 0 Å². The molecule has 1 aromatic rings.